The van der Waals surface area contributed by atoms with Gasteiger partial charge in [0.25, 0.3) is 0 Å². The number of carbonyl (C=O) groups is 1. The Labute approximate surface area is 88.9 Å². The maximum Gasteiger partial charge on any atom is 0.321 e. The molecule has 0 aliphatic carbocycles. The highest BCUT2D eigenvalue weighted by atomic mass is 32.1. The zero-order valence-corrected chi connectivity index (χ0v) is 9.29. The predicted molar refractivity (Wildman–Crippen MR) is 64.0 cm³/mol. The summed E-state index contributed by atoms with van der Waals surface area (Å²) in [6, 6.07) is 0.0712. The Kier molecular flexibility index (Phi) is 5.37. The van der Waals surface area contributed by atoms with E-state index >= 15 is 0 Å². The topological polar surface area (TPSA) is 53.2 Å². The van der Waals surface area contributed by atoms with E-state index in [0.717, 1.165) is 0 Å². The first-order chi connectivity index (χ1) is 5.91. The van der Waals surface area contributed by atoms with E-state index in [1.54, 1.807) is 0 Å². The van der Waals surface area contributed by atoms with Crippen LogP contribution in [-0.2, 0) is 0 Å². The molecule has 0 rings (SSSR count). The minimum atomic E-state index is -0.270. The zero-order chi connectivity index (χ0) is 10.4. The predicted octanol–water partition coefficient (Wildman–Crippen LogP) is 1.71. The Morgan fingerprint density at radius 2 is 1.62 bits per heavy atom. The normalized spacial score (nSPS) is 10.0. The molecule has 0 aliphatic rings. The second-order valence-electron chi connectivity index (χ2n) is 3.38. The van der Waals surface area contributed by atoms with Gasteiger partial charge in [-0.25, -0.2) is 4.79 Å². The maximum atomic E-state index is 11.1. The maximum absolute atomic E-state index is 11.1. The van der Waals surface area contributed by atoms with E-state index in [9.17, 15) is 4.79 Å². The number of hydrogen-bond acceptors (Lipinski definition) is 2. The number of nitrogens with one attached hydrogen (secondary N) is 3. The summed E-state index contributed by atoms with van der Waals surface area (Å²) >= 11 is 4.88. The van der Waals surface area contributed by atoms with Crippen molar-refractivity contribution >= 4 is 23.4 Å². The Morgan fingerprint density at radius 1 is 1.15 bits per heavy atom. The van der Waals surface area contributed by atoms with Gasteiger partial charge >= 0.3 is 6.03 Å². The van der Waals surface area contributed by atoms with Gasteiger partial charge in [-0.05, 0) is 39.9 Å². The van der Waals surface area contributed by atoms with Gasteiger partial charge in [-0.2, -0.15) is 0 Å². The quantitative estimate of drug-likeness (QED) is 0.607. The van der Waals surface area contributed by atoms with E-state index in [0.29, 0.717) is 5.11 Å². The van der Waals surface area contributed by atoms with E-state index in [2.05, 4.69) is 16.0 Å². The van der Waals surface area contributed by atoms with Gasteiger partial charge in [0, 0.05) is 16.4 Å². The molecule has 5 heteroatoms. The van der Waals surface area contributed by atoms with Crippen molar-refractivity contribution in [3.63, 3.8) is 0 Å². The Balaban J connectivity index is -0.000000240. The molecule has 0 aromatic heterocycles. The van der Waals surface area contributed by atoms with Crippen molar-refractivity contribution in [3.8, 4) is 0 Å². The van der Waals surface area contributed by atoms with Crippen molar-refractivity contribution in [2.75, 3.05) is 0 Å². The van der Waals surface area contributed by atoms with Gasteiger partial charge < -0.3 is 10.6 Å². The second kappa shape index (κ2) is 5.75. The molecule has 0 aromatic rings. The molecule has 0 aromatic carbocycles. The molecule has 13 heavy (non-hydrogen) atoms. The van der Waals surface area contributed by atoms with Crippen LogP contribution in [0, 0.1) is 0 Å². The van der Waals surface area contributed by atoms with Crippen LogP contribution in [0.1, 0.15) is 32.0 Å². The van der Waals surface area contributed by atoms with E-state index < -0.39 is 0 Å². The van der Waals surface area contributed by atoms with Crippen LogP contribution in [0.15, 0.2) is 0 Å². The van der Waals surface area contributed by atoms with Crippen LogP contribution in [0.5, 0.6) is 0 Å². The molecular formula is C8H23N3OS. The van der Waals surface area contributed by atoms with Crippen LogP contribution >= 0.6 is 12.2 Å². The largest absolute Gasteiger partial charge is 0.360 e. The van der Waals surface area contributed by atoms with Crippen molar-refractivity contribution in [1.29, 1.82) is 0 Å². The summed E-state index contributed by atoms with van der Waals surface area (Å²) in [6.07, 6.45) is 0. The zero-order valence-electron chi connectivity index (χ0n) is 8.47. The molecule has 0 spiro atoms. The average Bonchev–Trinajstić information content (AvgIpc) is 1.80. The first-order valence-electron chi connectivity index (χ1n) is 4.29. The van der Waals surface area contributed by atoms with Gasteiger partial charge in [0.05, 0.1) is 0 Å². The molecule has 0 atom stereocenters. The number of carbonyl (C=O) groups excluding carboxylic acids is 1. The average molecular weight is 209 g/mol. The molecule has 2 amide bonds. The van der Waals surface area contributed by atoms with Crippen molar-refractivity contribution in [3.05, 3.63) is 0 Å². The first-order valence-corrected chi connectivity index (χ1v) is 4.70. The van der Waals surface area contributed by atoms with Crippen molar-refractivity contribution in [2.45, 2.75) is 39.8 Å². The fourth-order valence-electron chi connectivity index (χ4n) is 0.700. The standard InChI is InChI=1S/C8H17N3OS.3H2/c1-5(2)9-7(12)11-8(13)10-6(3)4;;;/h5-6H,1-4H3,(H3,9,10,11,12,13);3*1H. The summed E-state index contributed by atoms with van der Waals surface area (Å²) in [4.78, 5) is 11.1. The first kappa shape index (κ1) is 12.2. The molecule has 82 valence electrons. The molecule has 0 radical (unpaired) electrons. The smallest absolute Gasteiger partial charge is 0.321 e. The van der Waals surface area contributed by atoms with E-state index in [1.165, 1.54) is 0 Å². The van der Waals surface area contributed by atoms with Gasteiger partial charge in [-0.15, -0.1) is 0 Å². The SMILES string of the molecule is CC(C)NC(=O)NC(=S)NC(C)C.[HH].[HH].[HH]. The van der Waals surface area contributed by atoms with Crippen molar-refractivity contribution < 1.29 is 9.07 Å². The minimum Gasteiger partial charge on any atom is -0.360 e. The molecule has 0 bridgehead atoms. The summed E-state index contributed by atoms with van der Waals surface area (Å²) in [5.41, 5.74) is 0. The fraction of sp³-hybridized carbons (Fsp3) is 0.750. The highest BCUT2D eigenvalue weighted by molar-refractivity contribution is 7.80. The third-order valence-electron chi connectivity index (χ3n) is 1.07. The van der Waals surface area contributed by atoms with Crippen LogP contribution in [0.4, 0.5) is 4.79 Å². The van der Waals surface area contributed by atoms with Crippen LogP contribution in [0.25, 0.3) is 0 Å². The fourth-order valence-corrected chi connectivity index (χ4v) is 1.03. The molecule has 0 unspecified atom stereocenters. The van der Waals surface area contributed by atoms with Gasteiger partial charge in [0.2, 0.25) is 0 Å². The monoisotopic (exact) mass is 209 g/mol. The summed E-state index contributed by atoms with van der Waals surface area (Å²) in [5, 5.41) is 8.44. The Bertz CT molecular complexity index is 183. The Hall–Kier alpha value is -0.840. The van der Waals surface area contributed by atoms with Gasteiger partial charge in [-0.3, -0.25) is 5.32 Å². The minimum absolute atomic E-state index is 0. The summed E-state index contributed by atoms with van der Waals surface area (Å²) in [6.45, 7) is 7.68. The second-order valence-corrected chi connectivity index (χ2v) is 3.79. The summed E-state index contributed by atoms with van der Waals surface area (Å²) < 4.78 is 0. The molecule has 0 heterocycles. The molecule has 0 saturated heterocycles. The van der Waals surface area contributed by atoms with Crippen molar-refractivity contribution in [1.82, 2.24) is 16.0 Å². The molecular weight excluding hydrogens is 186 g/mol. The number of hydrogen-bond donors (Lipinski definition) is 3. The third kappa shape index (κ3) is 7.52. The van der Waals surface area contributed by atoms with Crippen LogP contribution in [-0.4, -0.2) is 23.2 Å². The lowest BCUT2D eigenvalue weighted by atomic mass is 10.4. The highest BCUT2D eigenvalue weighted by Crippen LogP contribution is 1.79. The van der Waals surface area contributed by atoms with Crippen molar-refractivity contribution in [2.24, 2.45) is 0 Å². The lowest BCUT2D eigenvalue weighted by molar-refractivity contribution is 0.243. The number of amides is 2. The lowest BCUT2D eigenvalue weighted by Crippen LogP contribution is -2.48. The number of urea groups is 1. The van der Waals surface area contributed by atoms with Gasteiger partial charge in [-0.1, -0.05) is 0 Å². The van der Waals surface area contributed by atoms with Crippen LogP contribution < -0.4 is 16.0 Å². The van der Waals surface area contributed by atoms with E-state index in [4.69, 9.17) is 12.2 Å². The van der Waals surface area contributed by atoms with Gasteiger partial charge in [0.1, 0.15) is 0 Å². The molecule has 4 nitrogen and oxygen atoms in total. The van der Waals surface area contributed by atoms with Crippen LogP contribution in [0.3, 0.4) is 0 Å². The highest BCUT2D eigenvalue weighted by Gasteiger charge is 2.05. The molecule has 0 aliphatic heterocycles. The molecule has 0 fully saturated rings. The van der Waals surface area contributed by atoms with Gasteiger partial charge in [0.15, 0.2) is 5.11 Å². The summed E-state index contributed by atoms with van der Waals surface area (Å²) in [5.74, 6) is 0. The number of rotatable bonds is 2. The number of thiocarbonyl (C=S) groups is 1. The Morgan fingerprint density at radius 3 is 2.00 bits per heavy atom. The lowest BCUT2D eigenvalue weighted by Gasteiger charge is -2.13. The molecule has 0 saturated carbocycles. The summed E-state index contributed by atoms with van der Waals surface area (Å²) in [7, 11) is 0. The van der Waals surface area contributed by atoms with E-state index in [-0.39, 0.29) is 22.4 Å². The third-order valence-corrected chi connectivity index (χ3v) is 1.29. The van der Waals surface area contributed by atoms with Crippen LogP contribution in [0.2, 0.25) is 0 Å². The molecule has 3 N–H and O–H groups in total. The van der Waals surface area contributed by atoms with E-state index in [1.807, 2.05) is 27.7 Å².